The third-order valence-corrected chi connectivity index (χ3v) is 4.83. The number of nitrogens with one attached hydrogen (secondary N) is 2. The van der Waals surface area contributed by atoms with Crippen LogP contribution in [0.2, 0.25) is 0 Å². The number of nitrogens with zero attached hydrogens (tertiary/aromatic N) is 4. The second-order valence-corrected chi connectivity index (χ2v) is 6.59. The molecule has 0 aliphatic heterocycles. The first kappa shape index (κ1) is 16.5. The summed E-state index contributed by atoms with van der Waals surface area (Å²) in [5, 5.41) is 7.44. The van der Waals surface area contributed by atoms with Crippen molar-refractivity contribution in [3.8, 4) is 0 Å². The summed E-state index contributed by atoms with van der Waals surface area (Å²) in [5.41, 5.74) is 0.372. The fourth-order valence-corrected chi connectivity index (χ4v) is 3.45. The first-order valence-electron chi connectivity index (χ1n) is 8.37. The van der Waals surface area contributed by atoms with Gasteiger partial charge in [0.25, 0.3) is 5.91 Å². The van der Waals surface area contributed by atoms with Crippen molar-refractivity contribution in [3.63, 3.8) is 0 Å². The van der Waals surface area contributed by atoms with Gasteiger partial charge in [-0.2, -0.15) is 5.10 Å². The molecule has 8 nitrogen and oxygen atoms in total. The molecule has 2 aromatic heterocycles. The molecular formula is C16H24N6O2. The van der Waals surface area contributed by atoms with E-state index in [0.29, 0.717) is 12.1 Å². The van der Waals surface area contributed by atoms with Crippen LogP contribution in [0.25, 0.3) is 0 Å². The second kappa shape index (κ2) is 6.62. The van der Waals surface area contributed by atoms with Gasteiger partial charge < -0.3 is 10.3 Å². The molecule has 2 N–H and O–H groups in total. The minimum Gasteiger partial charge on any atom is -0.348 e. The van der Waals surface area contributed by atoms with Crippen molar-refractivity contribution in [2.45, 2.75) is 45.1 Å². The molecule has 0 spiro atoms. The Morgan fingerprint density at radius 1 is 1.38 bits per heavy atom. The third-order valence-electron chi connectivity index (χ3n) is 4.83. The molecule has 1 saturated carbocycles. The highest BCUT2D eigenvalue weighted by molar-refractivity contribution is 5.92. The Morgan fingerprint density at radius 3 is 2.75 bits per heavy atom. The molecule has 0 bridgehead atoms. The van der Waals surface area contributed by atoms with Gasteiger partial charge >= 0.3 is 5.69 Å². The van der Waals surface area contributed by atoms with Crippen molar-refractivity contribution >= 4 is 5.91 Å². The van der Waals surface area contributed by atoms with Crippen LogP contribution in [0.1, 0.15) is 47.8 Å². The standard InChI is InChI=1S/C16H24N6O2/c1-10-17-9-13(18-10)15(23)19-12-7-5-4-6-11(12)8-14-20-22(3)16(24)21(14)2/h9,11-12H,4-8H2,1-3H3,(H,17,18)(H,19,23)/t11-,12-/m1/s1. The average molecular weight is 332 g/mol. The number of aromatic nitrogens is 5. The summed E-state index contributed by atoms with van der Waals surface area (Å²) in [5.74, 6) is 1.66. The highest BCUT2D eigenvalue weighted by atomic mass is 16.2. The maximum absolute atomic E-state index is 12.4. The summed E-state index contributed by atoms with van der Waals surface area (Å²) in [7, 11) is 3.40. The van der Waals surface area contributed by atoms with E-state index in [1.807, 2.05) is 6.92 Å². The summed E-state index contributed by atoms with van der Waals surface area (Å²) in [6.07, 6.45) is 6.47. The maximum atomic E-state index is 12.4. The first-order chi connectivity index (χ1) is 11.5. The molecule has 0 aromatic carbocycles. The number of hydrogen-bond acceptors (Lipinski definition) is 4. The average Bonchev–Trinajstić information content (AvgIpc) is 3.09. The van der Waals surface area contributed by atoms with Crippen LogP contribution in [-0.2, 0) is 20.5 Å². The molecule has 2 aromatic rings. The highest BCUT2D eigenvalue weighted by Crippen LogP contribution is 2.27. The lowest BCUT2D eigenvalue weighted by Crippen LogP contribution is -2.43. The lowest BCUT2D eigenvalue weighted by atomic mass is 9.82. The van der Waals surface area contributed by atoms with Crippen LogP contribution in [0.5, 0.6) is 0 Å². The van der Waals surface area contributed by atoms with E-state index in [0.717, 1.165) is 37.3 Å². The third kappa shape index (κ3) is 3.27. The number of hydrogen-bond donors (Lipinski definition) is 2. The van der Waals surface area contributed by atoms with Crippen LogP contribution in [-0.4, -0.2) is 36.3 Å². The minimum absolute atomic E-state index is 0.0898. The van der Waals surface area contributed by atoms with Gasteiger partial charge in [-0.1, -0.05) is 12.8 Å². The van der Waals surface area contributed by atoms with E-state index in [-0.39, 0.29) is 23.6 Å². The predicted octanol–water partition coefficient (Wildman–Crippen LogP) is 0.682. The smallest absolute Gasteiger partial charge is 0.345 e. The van der Waals surface area contributed by atoms with Crippen molar-refractivity contribution in [2.24, 2.45) is 20.0 Å². The number of rotatable bonds is 4. The Bertz CT molecular complexity index is 787. The van der Waals surface area contributed by atoms with Crippen molar-refractivity contribution in [1.82, 2.24) is 29.6 Å². The largest absolute Gasteiger partial charge is 0.348 e. The summed E-state index contributed by atoms with van der Waals surface area (Å²) < 4.78 is 2.95. The second-order valence-electron chi connectivity index (χ2n) is 6.59. The van der Waals surface area contributed by atoms with Gasteiger partial charge in [0.1, 0.15) is 17.3 Å². The molecular weight excluding hydrogens is 308 g/mol. The van der Waals surface area contributed by atoms with E-state index in [9.17, 15) is 9.59 Å². The molecule has 130 valence electrons. The van der Waals surface area contributed by atoms with Crippen LogP contribution in [0.15, 0.2) is 11.0 Å². The maximum Gasteiger partial charge on any atom is 0.345 e. The van der Waals surface area contributed by atoms with Gasteiger partial charge in [0.15, 0.2) is 0 Å². The Hall–Kier alpha value is -2.38. The molecule has 1 aliphatic rings. The zero-order chi connectivity index (χ0) is 17.3. The quantitative estimate of drug-likeness (QED) is 0.860. The molecule has 1 fully saturated rings. The van der Waals surface area contributed by atoms with Gasteiger partial charge in [-0.25, -0.2) is 14.5 Å². The number of carbonyl (C=O) groups is 1. The molecule has 0 unspecified atom stereocenters. The highest BCUT2D eigenvalue weighted by Gasteiger charge is 2.29. The number of H-pyrrole nitrogens is 1. The summed E-state index contributed by atoms with van der Waals surface area (Å²) in [6, 6.07) is 0.0898. The monoisotopic (exact) mass is 332 g/mol. The molecule has 24 heavy (non-hydrogen) atoms. The molecule has 2 heterocycles. The Labute approximate surface area is 140 Å². The van der Waals surface area contributed by atoms with Gasteiger partial charge in [0.2, 0.25) is 0 Å². The Kier molecular flexibility index (Phi) is 4.55. The normalized spacial score (nSPS) is 21.0. The van der Waals surface area contributed by atoms with Crippen molar-refractivity contribution in [3.05, 3.63) is 34.0 Å². The van der Waals surface area contributed by atoms with Crippen LogP contribution in [0, 0.1) is 12.8 Å². The molecule has 3 rings (SSSR count). The molecule has 0 saturated heterocycles. The Morgan fingerprint density at radius 2 is 2.12 bits per heavy atom. The molecule has 1 aliphatic carbocycles. The fraction of sp³-hybridized carbons (Fsp3) is 0.625. The van der Waals surface area contributed by atoms with Crippen LogP contribution < -0.4 is 11.0 Å². The van der Waals surface area contributed by atoms with Gasteiger partial charge in [0, 0.05) is 26.6 Å². The van der Waals surface area contributed by atoms with E-state index in [1.165, 1.54) is 4.68 Å². The van der Waals surface area contributed by atoms with Crippen molar-refractivity contribution in [2.75, 3.05) is 0 Å². The SMILES string of the molecule is Cc1ncc(C(=O)N[C@@H]2CCCC[C@@H]2Cc2nn(C)c(=O)n2C)[nH]1. The molecule has 8 heteroatoms. The molecule has 0 radical (unpaired) electrons. The van der Waals surface area contributed by atoms with Crippen LogP contribution in [0.4, 0.5) is 0 Å². The summed E-state index contributed by atoms with van der Waals surface area (Å²) >= 11 is 0. The number of carbonyl (C=O) groups excluding carboxylic acids is 1. The van der Waals surface area contributed by atoms with E-state index < -0.39 is 0 Å². The minimum atomic E-state index is -0.123. The number of imidazole rings is 1. The number of aromatic amines is 1. The fourth-order valence-electron chi connectivity index (χ4n) is 3.45. The van der Waals surface area contributed by atoms with Gasteiger partial charge in [0.05, 0.1) is 6.20 Å². The van der Waals surface area contributed by atoms with E-state index in [1.54, 1.807) is 24.9 Å². The van der Waals surface area contributed by atoms with Gasteiger partial charge in [-0.3, -0.25) is 9.36 Å². The summed E-state index contributed by atoms with van der Waals surface area (Å²) in [4.78, 5) is 31.3. The van der Waals surface area contributed by atoms with Gasteiger partial charge in [-0.05, 0) is 25.7 Å². The van der Waals surface area contributed by atoms with Crippen LogP contribution >= 0.6 is 0 Å². The lowest BCUT2D eigenvalue weighted by molar-refractivity contribution is 0.0900. The predicted molar refractivity (Wildman–Crippen MR) is 88.7 cm³/mol. The van der Waals surface area contributed by atoms with E-state index in [2.05, 4.69) is 20.4 Å². The zero-order valence-electron chi connectivity index (χ0n) is 14.4. The van der Waals surface area contributed by atoms with Crippen molar-refractivity contribution in [1.29, 1.82) is 0 Å². The van der Waals surface area contributed by atoms with E-state index >= 15 is 0 Å². The lowest BCUT2D eigenvalue weighted by Gasteiger charge is -2.31. The topological polar surface area (TPSA) is 97.6 Å². The zero-order valence-corrected chi connectivity index (χ0v) is 14.4. The van der Waals surface area contributed by atoms with Crippen molar-refractivity contribution < 1.29 is 4.79 Å². The number of aryl methyl sites for hydroxylation is 2. The van der Waals surface area contributed by atoms with Crippen LogP contribution in [0.3, 0.4) is 0 Å². The summed E-state index contributed by atoms with van der Waals surface area (Å²) in [6.45, 7) is 1.82. The molecule has 1 amide bonds. The molecule has 2 atom stereocenters. The first-order valence-corrected chi connectivity index (χ1v) is 8.37. The number of amides is 1. The van der Waals surface area contributed by atoms with Gasteiger partial charge in [-0.15, -0.1) is 0 Å². The Balaban J connectivity index is 1.72. The van der Waals surface area contributed by atoms with E-state index in [4.69, 9.17) is 0 Å².